The molecule has 2 heterocycles. The first-order chi connectivity index (χ1) is 30.7. The zero-order valence-corrected chi connectivity index (χ0v) is 38.4. The van der Waals surface area contributed by atoms with E-state index in [1.54, 1.807) is 68.0 Å². The second kappa shape index (κ2) is 19.9. The number of rotatable bonds is 16. The van der Waals surface area contributed by atoms with Crippen LogP contribution < -0.4 is 30.5 Å². The Morgan fingerprint density at radius 1 is 0.985 bits per heavy atom. The van der Waals surface area contributed by atoms with Crippen molar-refractivity contribution >= 4 is 52.3 Å². The van der Waals surface area contributed by atoms with Crippen molar-refractivity contribution in [1.29, 1.82) is 5.26 Å². The topological polar surface area (TPSA) is 166 Å². The summed E-state index contributed by atoms with van der Waals surface area (Å²) < 4.78 is 59.2. The van der Waals surface area contributed by atoms with Crippen LogP contribution in [-0.2, 0) is 41.2 Å². The first kappa shape index (κ1) is 48.8. The highest BCUT2D eigenvalue weighted by Gasteiger charge is 2.51. The van der Waals surface area contributed by atoms with Crippen molar-refractivity contribution in [3.05, 3.63) is 89.0 Å². The number of carbonyl (C=O) groups is 4. The number of thiocarbonyl (C=S) groups is 1. The molecule has 3 aliphatic rings. The maximum atomic E-state index is 14.0. The molecule has 2 aliphatic heterocycles. The molecule has 0 aromatic heterocycles. The highest BCUT2D eigenvalue weighted by Crippen LogP contribution is 2.40. The van der Waals surface area contributed by atoms with E-state index in [9.17, 15) is 37.6 Å². The Bertz CT molecular complexity index is 2310. The summed E-state index contributed by atoms with van der Waals surface area (Å²) in [5.74, 6) is -0.882. The van der Waals surface area contributed by atoms with E-state index in [-0.39, 0.29) is 61.1 Å². The first-order valence-corrected chi connectivity index (χ1v) is 22.0. The highest BCUT2D eigenvalue weighted by atomic mass is 32.1. The quantitative estimate of drug-likeness (QED) is 0.117. The Kier molecular flexibility index (Phi) is 14.9. The molecule has 348 valence electrons. The molecule has 2 fully saturated rings. The van der Waals surface area contributed by atoms with Crippen molar-refractivity contribution in [1.82, 2.24) is 20.9 Å². The maximum Gasteiger partial charge on any atom is 0.417 e. The molecule has 0 radical (unpaired) electrons. The fraction of sp³-hybridized carbons (Fsp3) is 0.489. The predicted octanol–water partition coefficient (Wildman–Crippen LogP) is 5.82. The van der Waals surface area contributed by atoms with Crippen molar-refractivity contribution in [2.45, 2.75) is 103 Å². The summed E-state index contributed by atoms with van der Waals surface area (Å²) in [5, 5.41) is 18.2. The third-order valence-corrected chi connectivity index (χ3v) is 12.4. The number of ether oxygens (including phenoxy) is 3. The predicted molar refractivity (Wildman–Crippen MR) is 241 cm³/mol. The molecule has 65 heavy (non-hydrogen) atoms. The molecular weight excluding hydrogens is 864 g/mol. The van der Waals surface area contributed by atoms with Gasteiger partial charge in [-0.1, -0.05) is 45.0 Å². The van der Waals surface area contributed by atoms with E-state index in [4.69, 9.17) is 26.4 Å². The van der Waals surface area contributed by atoms with Crippen LogP contribution >= 0.6 is 12.2 Å². The van der Waals surface area contributed by atoms with Crippen LogP contribution in [0.5, 0.6) is 5.75 Å². The van der Waals surface area contributed by atoms with Gasteiger partial charge < -0.3 is 40.0 Å². The van der Waals surface area contributed by atoms with E-state index < -0.39 is 58.3 Å². The van der Waals surface area contributed by atoms with Crippen molar-refractivity contribution < 1.29 is 46.6 Å². The summed E-state index contributed by atoms with van der Waals surface area (Å²) in [7, 11) is 1.67. The molecule has 2 saturated heterocycles. The summed E-state index contributed by atoms with van der Waals surface area (Å²) in [5.41, 5.74) is -1.12. The van der Waals surface area contributed by atoms with Crippen LogP contribution in [0.25, 0.3) is 0 Å². The lowest BCUT2D eigenvalue weighted by Gasteiger charge is -2.36. The van der Waals surface area contributed by atoms with Crippen LogP contribution in [0.1, 0.15) is 82.7 Å². The van der Waals surface area contributed by atoms with Gasteiger partial charge in [0.1, 0.15) is 30.0 Å². The van der Waals surface area contributed by atoms with E-state index in [0.29, 0.717) is 37.2 Å². The SMILES string of the molecule is CNC(C)C(=O)NC(C(=O)N1CCCC1C(=O)N[C@H]1c2ccccc2C[C@H]1OCCOCCOc1ccc(N2C(=S)N(c3ccc(C#N)c(C(F)(F)F)c3)C(=O)C2(C)C)cc1)C(C)(C)C. The minimum atomic E-state index is -4.81. The number of likely N-dealkylation sites (tertiary alicyclic amines) is 1. The molecule has 0 spiro atoms. The van der Waals surface area contributed by atoms with E-state index in [1.807, 2.05) is 45.0 Å². The number of benzene rings is 3. The molecule has 3 unspecified atom stereocenters. The number of fused-ring (bicyclic) bond motifs is 1. The first-order valence-electron chi connectivity index (χ1n) is 21.6. The third kappa shape index (κ3) is 10.6. The molecule has 4 amide bonds. The summed E-state index contributed by atoms with van der Waals surface area (Å²) in [6, 6.07) is 16.7. The Balaban J connectivity index is 0.996. The lowest BCUT2D eigenvalue weighted by atomic mass is 9.85. The van der Waals surface area contributed by atoms with Gasteiger partial charge in [-0.15, -0.1) is 0 Å². The zero-order valence-electron chi connectivity index (χ0n) is 37.6. The van der Waals surface area contributed by atoms with Gasteiger partial charge in [-0.25, -0.2) is 0 Å². The Morgan fingerprint density at radius 2 is 1.66 bits per heavy atom. The van der Waals surface area contributed by atoms with Crippen molar-refractivity contribution in [3.8, 4) is 11.8 Å². The number of nitrogens with zero attached hydrogens (tertiary/aromatic N) is 4. The summed E-state index contributed by atoms with van der Waals surface area (Å²) >= 11 is 5.64. The number of hydrogen-bond donors (Lipinski definition) is 3. The number of anilines is 2. The van der Waals surface area contributed by atoms with Gasteiger partial charge in [-0.05, 0) is 112 Å². The Labute approximate surface area is 382 Å². The van der Waals surface area contributed by atoms with Crippen LogP contribution in [0.15, 0.2) is 66.7 Å². The summed E-state index contributed by atoms with van der Waals surface area (Å²) in [4.78, 5) is 58.6. The van der Waals surface area contributed by atoms with E-state index in [1.165, 1.54) is 6.07 Å². The van der Waals surface area contributed by atoms with Gasteiger partial charge in [0.15, 0.2) is 5.11 Å². The summed E-state index contributed by atoms with van der Waals surface area (Å²) in [6.07, 6.45) is -3.45. The third-order valence-electron chi connectivity index (χ3n) is 12.1. The maximum absolute atomic E-state index is 14.0. The van der Waals surface area contributed by atoms with Crippen LogP contribution in [0.2, 0.25) is 0 Å². The normalized spacial score (nSPS) is 20.3. The van der Waals surface area contributed by atoms with Crippen LogP contribution in [0, 0.1) is 16.7 Å². The average Bonchev–Trinajstić information content (AvgIpc) is 3.94. The monoisotopic (exact) mass is 919 g/mol. The number of hydrogen-bond acceptors (Lipinski definition) is 10. The van der Waals surface area contributed by atoms with E-state index in [2.05, 4.69) is 16.0 Å². The van der Waals surface area contributed by atoms with Gasteiger partial charge in [0.25, 0.3) is 5.91 Å². The second-order valence-electron chi connectivity index (χ2n) is 17.9. The number of halogens is 3. The number of alkyl halides is 3. The largest absolute Gasteiger partial charge is 0.491 e. The van der Waals surface area contributed by atoms with Crippen LogP contribution in [0.4, 0.5) is 24.5 Å². The van der Waals surface area contributed by atoms with Crippen LogP contribution in [0.3, 0.4) is 0 Å². The van der Waals surface area contributed by atoms with Gasteiger partial charge in [0.05, 0.1) is 60.9 Å². The fourth-order valence-electron chi connectivity index (χ4n) is 8.38. The van der Waals surface area contributed by atoms with Crippen molar-refractivity contribution in [2.24, 2.45) is 5.41 Å². The van der Waals surface area contributed by atoms with Gasteiger partial charge in [0.2, 0.25) is 17.7 Å². The number of nitriles is 1. The average molecular weight is 920 g/mol. The van der Waals surface area contributed by atoms with Gasteiger partial charge in [-0.2, -0.15) is 18.4 Å². The molecule has 1 aliphatic carbocycles. The molecule has 3 aromatic carbocycles. The van der Waals surface area contributed by atoms with Crippen molar-refractivity contribution in [3.63, 3.8) is 0 Å². The van der Waals surface area contributed by atoms with Gasteiger partial charge in [-0.3, -0.25) is 24.1 Å². The number of amides is 4. The summed E-state index contributed by atoms with van der Waals surface area (Å²) in [6.45, 7) is 12.0. The molecule has 3 aromatic rings. The number of carbonyl (C=O) groups excluding carboxylic acids is 4. The lowest BCUT2D eigenvalue weighted by molar-refractivity contribution is -0.144. The molecule has 18 heteroatoms. The van der Waals surface area contributed by atoms with E-state index in [0.717, 1.165) is 28.2 Å². The molecule has 0 bridgehead atoms. The minimum Gasteiger partial charge on any atom is -0.491 e. The van der Waals surface area contributed by atoms with Crippen LogP contribution in [-0.4, -0.2) is 103 Å². The Hall–Kier alpha value is -5.61. The molecule has 0 saturated carbocycles. The molecule has 14 nitrogen and oxygen atoms in total. The van der Waals surface area contributed by atoms with Gasteiger partial charge >= 0.3 is 6.18 Å². The Morgan fingerprint density at radius 3 is 2.32 bits per heavy atom. The minimum absolute atomic E-state index is 0.0162. The van der Waals surface area contributed by atoms with E-state index >= 15 is 0 Å². The molecule has 3 N–H and O–H groups in total. The molecule has 6 rings (SSSR count). The smallest absolute Gasteiger partial charge is 0.417 e. The van der Waals surface area contributed by atoms with Crippen molar-refractivity contribution in [2.75, 3.05) is 49.8 Å². The second-order valence-corrected chi connectivity index (χ2v) is 18.3. The van der Waals surface area contributed by atoms with Gasteiger partial charge in [0, 0.05) is 18.7 Å². The lowest BCUT2D eigenvalue weighted by Crippen LogP contribution is -2.59. The molecular formula is C47H56F3N7O7S. The standard InChI is InChI=1S/C47H56F3N7O7S/c1-28(52-7)40(58)54-39(45(2,3)4)42(60)55-20-10-13-36(55)41(59)53-38-34-12-9-8-11-29(34)25-37(38)64-24-22-62-21-23-63-33-18-16-31(17-19-33)57-44(65)56(43(61)46(57,5)6)32-15-14-30(27-51)35(26-32)47(48,49)50/h8-9,11-12,14-19,26,28,36-39,52H,10,13,20-25H2,1-7H3,(H,53,59)(H,54,58)/t28?,36?,37-,38+,39?/m1/s1. The fourth-order valence-corrected chi connectivity index (χ4v) is 8.90. The molecule has 5 atom stereocenters. The highest BCUT2D eigenvalue weighted by molar-refractivity contribution is 7.81. The number of likely N-dealkylation sites (N-methyl/N-ethyl adjacent to an activating group) is 1. The zero-order chi connectivity index (χ0) is 47.4. The number of nitrogens with one attached hydrogen (secondary N) is 3.